The fourth-order valence-electron chi connectivity index (χ4n) is 4.65. The summed E-state index contributed by atoms with van der Waals surface area (Å²) in [5.74, 6) is 1.46. The molecule has 0 radical (unpaired) electrons. The average Bonchev–Trinajstić information content (AvgIpc) is 3.41. The largest absolute Gasteiger partial charge is 0.384 e. The average molecular weight is 424 g/mol. The maximum atomic E-state index is 5.79. The molecule has 0 saturated heterocycles. The van der Waals surface area contributed by atoms with Crippen LogP contribution in [0.5, 0.6) is 0 Å². The molecule has 1 aliphatic rings. The van der Waals surface area contributed by atoms with Crippen molar-refractivity contribution in [3.63, 3.8) is 0 Å². The summed E-state index contributed by atoms with van der Waals surface area (Å²) in [6.07, 6.45) is 9.23. The standard InChI is InChI=1S/C25H25N7/c26-23-10-9-17(15-29-23)22-13-24(32-25(30-22)19-6-2-4-8-21(19)31-32)27-12-11-16-14-28-20-7-3-1-5-18(16)20/h1,3,5,7,9-10,13-15,27-28H,2,4,6,8,11-12H2,(H2,26,29). The summed E-state index contributed by atoms with van der Waals surface area (Å²) in [6, 6.07) is 14.3. The number of nitrogens with two attached hydrogens (primary N) is 1. The monoisotopic (exact) mass is 423 g/mol. The van der Waals surface area contributed by atoms with Gasteiger partial charge in [-0.1, -0.05) is 18.2 Å². The van der Waals surface area contributed by atoms with Crippen molar-refractivity contribution in [2.75, 3.05) is 17.6 Å². The van der Waals surface area contributed by atoms with Crippen molar-refractivity contribution in [1.82, 2.24) is 24.6 Å². The number of nitrogen functional groups attached to an aromatic ring is 1. The fourth-order valence-corrected chi connectivity index (χ4v) is 4.65. The number of anilines is 2. The minimum absolute atomic E-state index is 0.508. The smallest absolute Gasteiger partial charge is 0.161 e. The van der Waals surface area contributed by atoms with Crippen LogP contribution in [0.4, 0.5) is 11.6 Å². The van der Waals surface area contributed by atoms with E-state index in [4.69, 9.17) is 15.8 Å². The van der Waals surface area contributed by atoms with Gasteiger partial charge in [0.05, 0.1) is 11.4 Å². The minimum atomic E-state index is 0.508. The molecule has 0 bridgehead atoms. The van der Waals surface area contributed by atoms with Gasteiger partial charge in [0, 0.05) is 47.0 Å². The highest BCUT2D eigenvalue weighted by molar-refractivity contribution is 5.83. The maximum absolute atomic E-state index is 5.79. The molecular formula is C25H25N7. The molecule has 0 saturated carbocycles. The van der Waals surface area contributed by atoms with E-state index in [0.717, 1.165) is 48.5 Å². The number of aromatic nitrogens is 5. The van der Waals surface area contributed by atoms with E-state index < -0.39 is 0 Å². The number of H-pyrrole nitrogens is 1. The molecule has 1 aromatic carbocycles. The van der Waals surface area contributed by atoms with Gasteiger partial charge in [0.2, 0.25) is 0 Å². The Kier molecular flexibility index (Phi) is 4.52. The van der Waals surface area contributed by atoms with E-state index in [2.05, 4.69) is 51.8 Å². The third-order valence-electron chi connectivity index (χ3n) is 6.32. The quantitative estimate of drug-likeness (QED) is 0.390. The summed E-state index contributed by atoms with van der Waals surface area (Å²) in [4.78, 5) is 12.6. The molecular weight excluding hydrogens is 398 g/mol. The number of hydrogen-bond acceptors (Lipinski definition) is 5. The number of nitrogens with one attached hydrogen (secondary N) is 2. The molecule has 0 fully saturated rings. The molecule has 4 N–H and O–H groups in total. The van der Waals surface area contributed by atoms with Gasteiger partial charge in [-0.2, -0.15) is 9.61 Å². The van der Waals surface area contributed by atoms with Gasteiger partial charge in [0.1, 0.15) is 11.6 Å². The van der Waals surface area contributed by atoms with E-state index in [1.54, 1.807) is 6.20 Å². The number of para-hydroxylation sites is 1. The molecule has 160 valence electrons. The Balaban J connectivity index is 1.36. The first-order valence-corrected chi connectivity index (χ1v) is 11.2. The van der Waals surface area contributed by atoms with Crippen LogP contribution in [0.2, 0.25) is 0 Å². The summed E-state index contributed by atoms with van der Waals surface area (Å²) in [5.41, 5.74) is 13.5. The molecule has 1 aliphatic carbocycles. The molecule has 0 atom stereocenters. The first-order chi connectivity index (χ1) is 15.8. The number of aromatic amines is 1. The highest BCUT2D eigenvalue weighted by Gasteiger charge is 2.20. The molecule has 32 heavy (non-hydrogen) atoms. The van der Waals surface area contributed by atoms with Crippen molar-refractivity contribution < 1.29 is 0 Å². The lowest BCUT2D eigenvalue weighted by Crippen LogP contribution is -2.10. The molecule has 4 heterocycles. The van der Waals surface area contributed by atoms with E-state index in [1.807, 2.05) is 16.6 Å². The second-order valence-corrected chi connectivity index (χ2v) is 8.40. The Morgan fingerprint density at radius 1 is 1.09 bits per heavy atom. The third-order valence-corrected chi connectivity index (χ3v) is 6.32. The first kappa shape index (κ1) is 18.9. The Morgan fingerprint density at radius 2 is 2.00 bits per heavy atom. The van der Waals surface area contributed by atoms with Crippen molar-refractivity contribution in [2.24, 2.45) is 0 Å². The van der Waals surface area contributed by atoms with Crippen LogP contribution >= 0.6 is 0 Å². The van der Waals surface area contributed by atoms with Crippen LogP contribution in [0, 0.1) is 0 Å². The fraction of sp³-hybridized carbons (Fsp3) is 0.240. The zero-order valence-corrected chi connectivity index (χ0v) is 17.8. The van der Waals surface area contributed by atoms with Crippen molar-refractivity contribution >= 4 is 28.2 Å². The molecule has 0 amide bonds. The highest BCUT2D eigenvalue weighted by atomic mass is 15.3. The zero-order chi connectivity index (χ0) is 21.5. The zero-order valence-electron chi connectivity index (χ0n) is 17.8. The molecule has 4 aromatic heterocycles. The molecule has 5 aromatic rings. The lowest BCUT2D eigenvalue weighted by molar-refractivity contribution is 0.673. The number of hydrogen-bond donors (Lipinski definition) is 3. The predicted molar refractivity (Wildman–Crippen MR) is 128 cm³/mol. The summed E-state index contributed by atoms with van der Waals surface area (Å²) in [6.45, 7) is 0.797. The first-order valence-electron chi connectivity index (χ1n) is 11.2. The highest BCUT2D eigenvalue weighted by Crippen LogP contribution is 2.29. The summed E-state index contributed by atoms with van der Waals surface area (Å²) in [7, 11) is 0. The van der Waals surface area contributed by atoms with Crippen LogP contribution in [0.25, 0.3) is 27.8 Å². The number of benzene rings is 1. The van der Waals surface area contributed by atoms with Crippen LogP contribution in [0.1, 0.15) is 29.7 Å². The Bertz CT molecular complexity index is 1410. The van der Waals surface area contributed by atoms with Gasteiger partial charge in [0.15, 0.2) is 5.65 Å². The molecule has 0 spiro atoms. The van der Waals surface area contributed by atoms with E-state index in [-0.39, 0.29) is 0 Å². The van der Waals surface area contributed by atoms with E-state index in [9.17, 15) is 0 Å². The number of pyridine rings is 1. The van der Waals surface area contributed by atoms with Crippen LogP contribution in [-0.4, -0.2) is 31.1 Å². The summed E-state index contributed by atoms with van der Waals surface area (Å²) in [5, 5.41) is 9.82. The van der Waals surface area contributed by atoms with Crippen molar-refractivity contribution in [3.05, 3.63) is 71.7 Å². The SMILES string of the molecule is Nc1ccc(-c2cc(NCCc3c[nH]c4ccccc34)n3nc4c(c3n2)CCCC4)cn1. The number of aryl methyl sites for hydroxylation is 2. The number of nitrogens with zero attached hydrogens (tertiary/aromatic N) is 4. The van der Waals surface area contributed by atoms with E-state index in [0.29, 0.717) is 5.82 Å². The van der Waals surface area contributed by atoms with Crippen LogP contribution in [0.15, 0.2) is 54.9 Å². The van der Waals surface area contributed by atoms with Gasteiger partial charge in [-0.3, -0.25) is 0 Å². The lowest BCUT2D eigenvalue weighted by Gasteiger charge is -2.12. The predicted octanol–water partition coefficient (Wildman–Crippen LogP) is 4.39. The third kappa shape index (κ3) is 3.26. The minimum Gasteiger partial charge on any atom is -0.384 e. The lowest BCUT2D eigenvalue weighted by atomic mass is 9.98. The second kappa shape index (κ2) is 7.67. The van der Waals surface area contributed by atoms with Gasteiger partial charge < -0.3 is 16.0 Å². The molecule has 6 rings (SSSR count). The molecule has 0 unspecified atom stereocenters. The van der Waals surface area contributed by atoms with Gasteiger partial charge in [-0.15, -0.1) is 0 Å². The van der Waals surface area contributed by atoms with Gasteiger partial charge in [0.25, 0.3) is 0 Å². The van der Waals surface area contributed by atoms with Crippen molar-refractivity contribution in [3.8, 4) is 11.3 Å². The van der Waals surface area contributed by atoms with Crippen molar-refractivity contribution in [2.45, 2.75) is 32.1 Å². The summed E-state index contributed by atoms with van der Waals surface area (Å²) >= 11 is 0. The molecule has 7 heteroatoms. The van der Waals surface area contributed by atoms with Crippen molar-refractivity contribution in [1.29, 1.82) is 0 Å². The van der Waals surface area contributed by atoms with Crippen LogP contribution < -0.4 is 11.1 Å². The topological polar surface area (TPSA) is 96.9 Å². The molecule has 7 nitrogen and oxygen atoms in total. The number of fused-ring (bicyclic) bond motifs is 4. The summed E-state index contributed by atoms with van der Waals surface area (Å²) < 4.78 is 1.99. The molecule has 0 aliphatic heterocycles. The van der Waals surface area contributed by atoms with Gasteiger partial charge in [-0.25, -0.2) is 9.97 Å². The maximum Gasteiger partial charge on any atom is 0.161 e. The number of rotatable bonds is 5. The Hall–Kier alpha value is -3.87. The van der Waals surface area contributed by atoms with Crippen LogP contribution in [-0.2, 0) is 19.3 Å². The second-order valence-electron chi connectivity index (χ2n) is 8.40. The van der Waals surface area contributed by atoms with E-state index in [1.165, 1.54) is 40.6 Å². The normalized spacial score (nSPS) is 13.5. The Morgan fingerprint density at radius 3 is 2.91 bits per heavy atom. The van der Waals surface area contributed by atoms with E-state index >= 15 is 0 Å². The van der Waals surface area contributed by atoms with Gasteiger partial charge >= 0.3 is 0 Å². The van der Waals surface area contributed by atoms with Gasteiger partial charge in [-0.05, 0) is 55.9 Å². The van der Waals surface area contributed by atoms with Crippen LogP contribution in [0.3, 0.4) is 0 Å². The Labute approximate surface area is 185 Å².